The predicted octanol–water partition coefficient (Wildman–Crippen LogP) is 4.27. The summed E-state index contributed by atoms with van der Waals surface area (Å²) < 4.78 is 2.41. The van der Waals surface area contributed by atoms with Crippen LogP contribution < -0.4 is 5.32 Å². The van der Waals surface area contributed by atoms with Crippen molar-refractivity contribution >= 4 is 5.69 Å². The van der Waals surface area contributed by atoms with E-state index in [0.29, 0.717) is 6.04 Å². The topological polar surface area (TPSA) is 29.9 Å². The zero-order chi connectivity index (χ0) is 14.2. The Morgan fingerprint density at radius 1 is 1.38 bits per heavy atom. The molecular weight excluding hydrogens is 258 g/mol. The van der Waals surface area contributed by atoms with Gasteiger partial charge in [0.2, 0.25) is 0 Å². The van der Waals surface area contributed by atoms with Crippen molar-refractivity contribution in [3.63, 3.8) is 0 Å². The second kappa shape index (κ2) is 5.21. The summed E-state index contributed by atoms with van der Waals surface area (Å²) >= 11 is 0. The highest BCUT2D eigenvalue weighted by atomic mass is 15.1. The highest BCUT2D eigenvalue weighted by Crippen LogP contribution is 2.48. The minimum Gasteiger partial charge on any atom is -0.384 e. The van der Waals surface area contributed by atoms with Gasteiger partial charge >= 0.3 is 0 Å². The summed E-state index contributed by atoms with van der Waals surface area (Å²) in [7, 11) is 0. The Hall–Kier alpha value is -1.77. The molecule has 21 heavy (non-hydrogen) atoms. The van der Waals surface area contributed by atoms with Crippen LogP contribution in [0.25, 0.3) is 11.3 Å². The van der Waals surface area contributed by atoms with Crippen molar-refractivity contribution < 1.29 is 0 Å². The zero-order valence-corrected chi connectivity index (χ0v) is 12.7. The lowest BCUT2D eigenvalue weighted by molar-refractivity contribution is 0.611. The molecule has 2 atom stereocenters. The number of nitrogens with one attached hydrogen (secondary N) is 1. The first-order valence-electron chi connectivity index (χ1n) is 8.26. The summed E-state index contributed by atoms with van der Waals surface area (Å²) in [4.78, 5) is 4.44. The van der Waals surface area contributed by atoms with Crippen LogP contribution in [0.15, 0.2) is 30.7 Å². The number of hydrogen-bond acceptors (Lipinski definition) is 2. The van der Waals surface area contributed by atoms with E-state index in [4.69, 9.17) is 0 Å². The van der Waals surface area contributed by atoms with Crippen molar-refractivity contribution in [3.8, 4) is 11.3 Å². The quantitative estimate of drug-likeness (QED) is 0.907. The maximum Gasteiger partial charge on any atom is 0.0953 e. The molecule has 4 rings (SSSR count). The lowest BCUT2D eigenvalue weighted by Crippen LogP contribution is -2.13. The van der Waals surface area contributed by atoms with Crippen molar-refractivity contribution in [1.29, 1.82) is 0 Å². The average Bonchev–Trinajstić information content (AvgIpc) is 3.11. The number of hydrogen-bond donors (Lipinski definition) is 1. The third-order valence-electron chi connectivity index (χ3n) is 4.92. The minimum atomic E-state index is 0.668. The summed E-state index contributed by atoms with van der Waals surface area (Å²) in [5, 5.41) is 3.60. The molecule has 110 valence electrons. The van der Waals surface area contributed by atoms with Gasteiger partial charge in [0.15, 0.2) is 0 Å². The SMILES string of the molecule is CCCC1CC1n1cncc1-c1cccc2c1NCCC2. The van der Waals surface area contributed by atoms with Crippen molar-refractivity contribution in [3.05, 3.63) is 36.3 Å². The van der Waals surface area contributed by atoms with E-state index < -0.39 is 0 Å². The summed E-state index contributed by atoms with van der Waals surface area (Å²) in [6.07, 6.45) is 10.4. The van der Waals surface area contributed by atoms with Crippen LogP contribution in [0.5, 0.6) is 0 Å². The van der Waals surface area contributed by atoms with Crippen LogP contribution in [-0.2, 0) is 6.42 Å². The summed E-state index contributed by atoms with van der Waals surface area (Å²) in [5.74, 6) is 0.857. The molecule has 0 spiro atoms. The van der Waals surface area contributed by atoms with E-state index in [9.17, 15) is 0 Å². The van der Waals surface area contributed by atoms with Crippen LogP contribution in [0, 0.1) is 5.92 Å². The number of anilines is 1. The Morgan fingerprint density at radius 2 is 2.33 bits per heavy atom. The molecule has 2 aromatic rings. The molecule has 3 heteroatoms. The Morgan fingerprint density at radius 3 is 3.24 bits per heavy atom. The van der Waals surface area contributed by atoms with Gasteiger partial charge in [0.05, 0.1) is 18.2 Å². The van der Waals surface area contributed by atoms with Crippen LogP contribution in [0.2, 0.25) is 0 Å². The Kier molecular flexibility index (Phi) is 3.21. The van der Waals surface area contributed by atoms with Gasteiger partial charge in [-0.1, -0.05) is 31.5 Å². The summed E-state index contributed by atoms with van der Waals surface area (Å²) in [5.41, 5.74) is 5.39. The van der Waals surface area contributed by atoms with Crippen molar-refractivity contribution in [2.45, 2.75) is 45.1 Å². The Balaban J connectivity index is 1.71. The first-order valence-corrected chi connectivity index (χ1v) is 8.26. The maximum absolute atomic E-state index is 4.44. The van der Waals surface area contributed by atoms with Gasteiger partial charge < -0.3 is 9.88 Å². The van der Waals surface area contributed by atoms with Crippen molar-refractivity contribution in [2.75, 3.05) is 11.9 Å². The first-order chi connectivity index (χ1) is 10.4. The lowest BCUT2D eigenvalue weighted by atomic mass is 9.98. The molecule has 0 radical (unpaired) electrons. The minimum absolute atomic E-state index is 0.668. The third-order valence-corrected chi connectivity index (χ3v) is 4.92. The van der Waals surface area contributed by atoms with Crippen LogP contribution in [-0.4, -0.2) is 16.1 Å². The van der Waals surface area contributed by atoms with Gasteiger partial charge in [-0.25, -0.2) is 4.98 Å². The molecule has 1 aromatic heterocycles. The van der Waals surface area contributed by atoms with E-state index in [1.807, 2.05) is 12.5 Å². The summed E-state index contributed by atoms with van der Waals surface area (Å²) in [6, 6.07) is 7.35. The fraction of sp³-hybridized carbons (Fsp3) is 0.500. The zero-order valence-electron chi connectivity index (χ0n) is 12.7. The molecule has 3 nitrogen and oxygen atoms in total. The molecular formula is C18H23N3. The van der Waals surface area contributed by atoms with Gasteiger partial charge in [-0.05, 0) is 37.2 Å². The van der Waals surface area contributed by atoms with Crippen LogP contribution in [0.4, 0.5) is 5.69 Å². The molecule has 2 unspecified atom stereocenters. The first kappa shape index (κ1) is 12.9. The Bertz CT molecular complexity index is 644. The molecule has 1 N–H and O–H groups in total. The van der Waals surface area contributed by atoms with Gasteiger partial charge in [0, 0.05) is 23.8 Å². The molecule has 2 aliphatic rings. The van der Waals surface area contributed by atoms with E-state index in [0.717, 1.165) is 12.5 Å². The van der Waals surface area contributed by atoms with E-state index in [1.54, 1.807) is 0 Å². The molecule has 1 fully saturated rings. The van der Waals surface area contributed by atoms with E-state index in [-0.39, 0.29) is 0 Å². The van der Waals surface area contributed by atoms with Gasteiger partial charge in [-0.2, -0.15) is 0 Å². The number of rotatable bonds is 4. The number of fused-ring (bicyclic) bond motifs is 1. The van der Waals surface area contributed by atoms with Crippen molar-refractivity contribution in [1.82, 2.24) is 9.55 Å². The second-order valence-electron chi connectivity index (χ2n) is 6.41. The third kappa shape index (κ3) is 2.25. The second-order valence-corrected chi connectivity index (χ2v) is 6.41. The molecule has 0 bridgehead atoms. The number of nitrogens with zero attached hydrogens (tertiary/aromatic N) is 2. The normalized spacial score (nSPS) is 23.5. The average molecular weight is 281 g/mol. The number of aryl methyl sites for hydroxylation is 1. The molecule has 1 aliphatic heterocycles. The summed E-state index contributed by atoms with van der Waals surface area (Å²) in [6.45, 7) is 3.36. The monoisotopic (exact) mass is 281 g/mol. The molecule has 0 amide bonds. The van der Waals surface area contributed by atoms with Crippen LogP contribution in [0.1, 0.15) is 44.2 Å². The largest absolute Gasteiger partial charge is 0.384 e. The van der Waals surface area contributed by atoms with Crippen molar-refractivity contribution in [2.24, 2.45) is 5.92 Å². The molecule has 2 heterocycles. The maximum atomic E-state index is 4.44. The molecule has 1 saturated carbocycles. The fourth-order valence-electron chi connectivity index (χ4n) is 3.75. The lowest BCUT2D eigenvalue weighted by Gasteiger charge is -2.21. The highest BCUT2D eigenvalue weighted by molar-refractivity contribution is 5.79. The van der Waals surface area contributed by atoms with Gasteiger partial charge in [0.1, 0.15) is 0 Å². The van der Waals surface area contributed by atoms with E-state index in [2.05, 4.69) is 40.0 Å². The smallest absolute Gasteiger partial charge is 0.0953 e. The highest BCUT2D eigenvalue weighted by Gasteiger charge is 2.38. The fourth-order valence-corrected chi connectivity index (χ4v) is 3.75. The van der Waals surface area contributed by atoms with Crippen LogP contribution >= 0.6 is 0 Å². The number of aromatic nitrogens is 2. The molecule has 1 aromatic carbocycles. The van der Waals surface area contributed by atoms with Gasteiger partial charge in [-0.3, -0.25) is 0 Å². The Labute approximate surface area is 126 Å². The van der Waals surface area contributed by atoms with Crippen LogP contribution in [0.3, 0.4) is 0 Å². The van der Waals surface area contributed by atoms with E-state index >= 15 is 0 Å². The standard InChI is InChI=1S/C18H23N3/c1-2-5-14-10-16(14)21-12-19-11-17(21)15-8-3-6-13-7-4-9-20-18(13)15/h3,6,8,11-12,14,16,20H,2,4-5,7,9-10H2,1H3. The number of para-hydroxylation sites is 1. The predicted molar refractivity (Wildman–Crippen MR) is 86.5 cm³/mol. The number of benzene rings is 1. The number of imidazole rings is 1. The molecule has 1 aliphatic carbocycles. The van der Waals surface area contributed by atoms with E-state index in [1.165, 1.54) is 54.6 Å². The van der Waals surface area contributed by atoms with Gasteiger partial charge in [-0.15, -0.1) is 0 Å². The van der Waals surface area contributed by atoms with Gasteiger partial charge in [0.25, 0.3) is 0 Å². The molecule has 0 saturated heterocycles.